The summed E-state index contributed by atoms with van der Waals surface area (Å²) in [6, 6.07) is 0.286. The normalized spacial score (nSPS) is 13.2. The van der Waals surface area contributed by atoms with Crippen LogP contribution in [-0.2, 0) is 16.0 Å². The second-order valence-corrected chi connectivity index (χ2v) is 4.38. The first-order chi connectivity index (χ1) is 8.13. The van der Waals surface area contributed by atoms with Gasteiger partial charge in [-0.3, -0.25) is 0 Å². The van der Waals surface area contributed by atoms with E-state index in [0.29, 0.717) is 6.61 Å². The molecule has 0 N–H and O–H groups in total. The monoisotopic (exact) mass is 243 g/mol. The summed E-state index contributed by atoms with van der Waals surface area (Å²) in [7, 11) is 1.70. The van der Waals surface area contributed by atoms with Crippen LogP contribution in [0.5, 0.6) is 0 Å². The molecule has 0 bridgehead atoms. The summed E-state index contributed by atoms with van der Waals surface area (Å²) < 4.78 is 12.4. The molecule has 6 nitrogen and oxygen atoms in total. The van der Waals surface area contributed by atoms with Gasteiger partial charge in [0.1, 0.15) is 12.6 Å². The topological polar surface area (TPSA) is 53.1 Å². The summed E-state index contributed by atoms with van der Waals surface area (Å²) in [6.07, 6.45) is 2.79. The first kappa shape index (κ1) is 14.1. The molecule has 0 aromatic carbocycles. The van der Waals surface area contributed by atoms with Crippen molar-refractivity contribution in [3.63, 3.8) is 0 Å². The van der Waals surface area contributed by atoms with Crippen molar-refractivity contribution in [2.24, 2.45) is 0 Å². The quantitative estimate of drug-likeness (QED) is 0.495. The summed E-state index contributed by atoms with van der Waals surface area (Å²) in [5, 5.41) is 8.48. The molecule has 1 aromatic heterocycles. The van der Waals surface area contributed by atoms with E-state index in [1.807, 2.05) is 6.92 Å². The molecule has 0 amide bonds. The molecule has 1 heterocycles. The van der Waals surface area contributed by atoms with Crippen LogP contribution in [0.25, 0.3) is 0 Å². The molecule has 0 aliphatic heterocycles. The molecule has 17 heavy (non-hydrogen) atoms. The molecule has 0 saturated heterocycles. The Morgan fingerprint density at radius 1 is 1.29 bits per heavy atom. The van der Waals surface area contributed by atoms with Gasteiger partial charge in [-0.05, 0) is 32.0 Å². The van der Waals surface area contributed by atoms with Crippen molar-refractivity contribution in [2.75, 3.05) is 20.3 Å². The van der Waals surface area contributed by atoms with Crippen LogP contribution in [0.4, 0.5) is 0 Å². The molecule has 1 atom stereocenters. The minimum Gasteiger partial charge on any atom is -0.385 e. The third kappa shape index (κ3) is 5.23. The highest BCUT2D eigenvalue weighted by molar-refractivity contribution is 4.44. The lowest BCUT2D eigenvalue weighted by Crippen LogP contribution is -2.42. The van der Waals surface area contributed by atoms with Crippen molar-refractivity contribution >= 4 is 0 Å². The second kappa shape index (κ2) is 7.34. The van der Waals surface area contributed by atoms with E-state index in [2.05, 4.69) is 24.2 Å². The van der Waals surface area contributed by atoms with Crippen molar-refractivity contribution < 1.29 is 14.2 Å². The molecule has 0 aliphatic rings. The number of nitrogens with zero attached hydrogens (tertiary/aromatic N) is 4. The maximum Gasteiger partial charge on any atom is 0.286 e. The highest BCUT2D eigenvalue weighted by Gasteiger charge is 2.13. The van der Waals surface area contributed by atoms with E-state index in [1.54, 1.807) is 22.9 Å². The number of methoxy groups -OCH3 is 1. The van der Waals surface area contributed by atoms with Crippen LogP contribution in [0.3, 0.4) is 0 Å². The molecule has 0 aliphatic carbocycles. The second-order valence-electron chi connectivity index (χ2n) is 4.38. The Morgan fingerprint density at radius 2 is 2.06 bits per heavy atom. The minimum absolute atomic E-state index is 0.133. The fourth-order valence-electron chi connectivity index (χ4n) is 1.40. The average molecular weight is 243 g/mol. The molecule has 1 aromatic rings. The minimum atomic E-state index is 0.133. The fourth-order valence-corrected chi connectivity index (χ4v) is 1.40. The predicted molar refractivity (Wildman–Crippen MR) is 62.5 cm³/mol. The van der Waals surface area contributed by atoms with Crippen LogP contribution in [0.15, 0.2) is 6.33 Å². The lowest BCUT2D eigenvalue weighted by atomic mass is 10.4. The van der Waals surface area contributed by atoms with Crippen molar-refractivity contribution in [3.05, 3.63) is 6.33 Å². The Balaban J connectivity index is 2.27. The summed E-state index contributed by atoms with van der Waals surface area (Å²) in [5.74, 6) is 0. The average Bonchev–Trinajstić information content (AvgIpc) is 2.73. The van der Waals surface area contributed by atoms with Gasteiger partial charge < -0.3 is 9.47 Å². The number of ether oxygens (including phenoxy) is 2. The van der Waals surface area contributed by atoms with Gasteiger partial charge in [0.15, 0.2) is 0 Å². The van der Waals surface area contributed by atoms with Crippen LogP contribution in [0, 0.1) is 0 Å². The Hall–Kier alpha value is -1.01. The third-order valence-corrected chi connectivity index (χ3v) is 2.31. The van der Waals surface area contributed by atoms with Crippen LogP contribution in [-0.4, -0.2) is 41.5 Å². The van der Waals surface area contributed by atoms with E-state index in [9.17, 15) is 0 Å². The van der Waals surface area contributed by atoms with E-state index >= 15 is 0 Å². The van der Waals surface area contributed by atoms with E-state index in [-0.39, 0.29) is 12.1 Å². The molecule has 98 valence electrons. The lowest BCUT2D eigenvalue weighted by molar-refractivity contribution is -0.761. The van der Waals surface area contributed by atoms with E-state index in [4.69, 9.17) is 9.47 Å². The van der Waals surface area contributed by atoms with Gasteiger partial charge >= 0.3 is 0 Å². The number of aromatic nitrogens is 4. The van der Waals surface area contributed by atoms with E-state index < -0.39 is 0 Å². The highest BCUT2D eigenvalue weighted by atomic mass is 16.5. The zero-order valence-corrected chi connectivity index (χ0v) is 11.2. The molecule has 1 rings (SSSR count). The Kier molecular flexibility index (Phi) is 6.07. The van der Waals surface area contributed by atoms with Gasteiger partial charge in [-0.15, -0.1) is 4.68 Å². The number of tetrazole rings is 1. The van der Waals surface area contributed by atoms with Crippen LogP contribution >= 0.6 is 0 Å². The smallest absolute Gasteiger partial charge is 0.286 e. The van der Waals surface area contributed by atoms with Gasteiger partial charge in [0.05, 0.1) is 16.4 Å². The summed E-state index contributed by atoms with van der Waals surface area (Å²) in [5.41, 5.74) is 0. The van der Waals surface area contributed by atoms with Crippen molar-refractivity contribution in [2.45, 2.75) is 45.9 Å². The van der Waals surface area contributed by atoms with Crippen molar-refractivity contribution in [1.29, 1.82) is 0 Å². The van der Waals surface area contributed by atoms with Crippen LogP contribution < -0.4 is 4.68 Å². The fraction of sp³-hybridized carbons (Fsp3) is 0.909. The molecule has 0 radical (unpaired) electrons. The third-order valence-electron chi connectivity index (χ3n) is 2.31. The molecular formula is C11H23N4O2+. The Morgan fingerprint density at radius 3 is 2.65 bits per heavy atom. The maximum atomic E-state index is 5.64. The standard InChI is InChI=1S/C11H23N4O2/c1-10(2)15-12-9-14(13-15)8-11(3)17-7-5-6-16-4/h9-11H,5-8H2,1-4H3/q+1. The largest absolute Gasteiger partial charge is 0.385 e. The molecular weight excluding hydrogens is 220 g/mol. The number of rotatable bonds is 8. The predicted octanol–water partition coefficient (Wildman–Crippen LogP) is 0.588. The molecule has 1 unspecified atom stereocenters. The van der Waals surface area contributed by atoms with Crippen LogP contribution in [0.1, 0.15) is 33.2 Å². The SMILES string of the molecule is COCCCOC(C)C[n+]1cnn(C(C)C)n1. The first-order valence-electron chi connectivity index (χ1n) is 6.05. The number of hydrogen-bond acceptors (Lipinski definition) is 4. The van der Waals surface area contributed by atoms with Gasteiger partial charge in [0.25, 0.3) is 6.33 Å². The lowest BCUT2D eigenvalue weighted by Gasteiger charge is -2.09. The molecule has 0 fully saturated rings. The van der Waals surface area contributed by atoms with Gasteiger partial charge in [0.2, 0.25) is 0 Å². The molecule has 0 saturated carbocycles. The summed E-state index contributed by atoms with van der Waals surface area (Å²) in [4.78, 5) is 1.69. The summed E-state index contributed by atoms with van der Waals surface area (Å²) >= 11 is 0. The summed E-state index contributed by atoms with van der Waals surface area (Å²) in [6.45, 7) is 8.31. The molecule has 6 heteroatoms. The van der Waals surface area contributed by atoms with Gasteiger partial charge in [-0.2, -0.15) is 0 Å². The highest BCUT2D eigenvalue weighted by Crippen LogP contribution is 1.96. The van der Waals surface area contributed by atoms with Gasteiger partial charge in [0, 0.05) is 20.3 Å². The Labute approximate surface area is 103 Å². The zero-order valence-electron chi connectivity index (χ0n) is 11.2. The van der Waals surface area contributed by atoms with E-state index in [0.717, 1.165) is 19.6 Å². The van der Waals surface area contributed by atoms with Crippen LogP contribution in [0.2, 0.25) is 0 Å². The van der Waals surface area contributed by atoms with E-state index in [1.165, 1.54) is 0 Å². The van der Waals surface area contributed by atoms with Gasteiger partial charge in [-0.1, -0.05) is 0 Å². The van der Waals surface area contributed by atoms with Crippen molar-refractivity contribution in [3.8, 4) is 0 Å². The zero-order chi connectivity index (χ0) is 12.7. The van der Waals surface area contributed by atoms with Crippen molar-refractivity contribution in [1.82, 2.24) is 15.1 Å². The Bertz CT molecular complexity index is 314. The molecule has 0 spiro atoms. The number of hydrogen-bond donors (Lipinski definition) is 0. The van der Waals surface area contributed by atoms with Gasteiger partial charge in [-0.25, -0.2) is 0 Å². The first-order valence-corrected chi connectivity index (χ1v) is 6.05. The maximum absolute atomic E-state index is 5.64.